The maximum absolute atomic E-state index is 8.57. The van der Waals surface area contributed by atoms with Gasteiger partial charge in [-0.15, -0.1) is 0 Å². The minimum absolute atomic E-state index is 0.228. The maximum Gasteiger partial charge on any atom is 0.0641 e. The van der Waals surface area contributed by atoms with E-state index < -0.39 is 0 Å². The van der Waals surface area contributed by atoms with Crippen LogP contribution in [0.1, 0.15) is 30.5 Å². The van der Waals surface area contributed by atoms with Gasteiger partial charge in [-0.25, -0.2) is 0 Å². The highest BCUT2D eigenvalue weighted by molar-refractivity contribution is 6.31. The molecule has 0 saturated carbocycles. The summed E-state index contributed by atoms with van der Waals surface area (Å²) in [5.74, 6) is 0. The normalized spacial score (nSPS) is 12.1. The molecule has 0 radical (unpaired) electrons. The Balaban J connectivity index is 3.08. The molecule has 0 amide bonds. The van der Waals surface area contributed by atoms with Crippen molar-refractivity contribution in [3.8, 4) is 6.07 Å². The van der Waals surface area contributed by atoms with Crippen molar-refractivity contribution < 1.29 is 0 Å². The van der Waals surface area contributed by atoms with E-state index in [1.165, 1.54) is 0 Å². The van der Waals surface area contributed by atoms with Crippen LogP contribution in [0.3, 0.4) is 0 Å². The van der Waals surface area contributed by atoms with Crippen molar-refractivity contribution in [1.82, 2.24) is 0 Å². The lowest BCUT2D eigenvalue weighted by Crippen LogP contribution is -2.11. The molecule has 0 unspecified atom stereocenters. The lowest BCUT2D eigenvalue weighted by molar-refractivity contribution is 0.737. The zero-order valence-electron chi connectivity index (χ0n) is 8.13. The lowest BCUT2D eigenvalue weighted by atomic mass is 9.97. The predicted molar refractivity (Wildman–Crippen MR) is 58.0 cm³/mol. The molecule has 2 N–H and O–H groups in total. The summed E-state index contributed by atoms with van der Waals surface area (Å²) >= 11 is 6.04. The summed E-state index contributed by atoms with van der Waals surface area (Å²) in [6, 6.07) is 7.50. The maximum atomic E-state index is 8.57. The molecule has 1 rings (SSSR count). The second kappa shape index (κ2) is 4.99. The van der Waals surface area contributed by atoms with E-state index >= 15 is 0 Å². The van der Waals surface area contributed by atoms with Gasteiger partial charge in [-0.1, -0.05) is 30.7 Å². The molecule has 1 atom stereocenters. The van der Waals surface area contributed by atoms with Crippen molar-refractivity contribution in [2.45, 2.75) is 25.8 Å². The number of rotatable bonds is 3. The monoisotopic (exact) mass is 208 g/mol. The third kappa shape index (κ3) is 2.25. The Hall–Kier alpha value is -1.04. The van der Waals surface area contributed by atoms with Gasteiger partial charge in [0, 0.05) is 11.1 Å². The molecule has 0 fully saturated rings. The molecule has 0 aliphatic carbocycles. The van der Waals surface area contributed by atoms with E-state index in [-0.39, 0.29) is 6.04 Å². The molecule has 0 aliphatic rings. The first-order valence-electron chi connectivity index (χ1n) is 4.60. The fraction of sp³-hybridized carbons (Fsp3) is 0.364. The first-order chi connectivity index (χ1) is 6.70. The molecule has 2 nitrogen and oxygen atoms in total. The molecule has 0 bridgehead atoms. The molecule has 0 saturated heterocycles. The van der Waals surface area contributed by atoms with Crippen LogP contribution >= 0.6 is 11.6 Å². The van der Waals surface area contributed by atoms with Gasteiger partial charge < -0.3 is 5.73 Å². The topological polar surface area (TPSA) is 49.8 Å². The minimum Gasteiger partial charge on any atom is -0.323 e. The van der Waals surface area contributed by atoms with Crippen molar-refractivity contribution in [3.63, 3.8) is 0 Å². The largest absolute Gasteiger partial charge is 0.323 e. The first-order valence-corrected chi connectivity index (χ1v) is 4.98. The Labute approximate surface area is 89.3 Å². The summed E-state index contributed by atoms with van der Waals surface area (Å²) in [5, 5.41) is 9.30. The third-order valence-electron chi connectivity index (χ3n) is 2.22. The standard InChI is InChI=1S/C11H13ClN2/c1-2-8-9(11(14)6-7-13)4-3-5-10(8)12/h3-5,11H,2,6,14H2,1H3/t11-/m0/s1. The zero-order valence-corrected chi connectivity index (χ0v) is 8.88. The summed E-state index contributed by atoms with van der Waals surface area (Å²) in [5.41, 5.74) is 7.91. The van der Waals surface area contributed by atoms with Crippen molar-refractivity contribution in [1.29, 1.82) is 5.26 Å². The summed E-state index contributed by atoms with van der Waals surface area (Å²) in [6.45, 7) is 2.03. The van der Waals surface area contributed by atoms with Crippen LogP contribution in [0.2, 0.25) is 5.02 Å². The van der Waals surface area contributed by atoms with Gasteiger partial charge >= 0.3 is 0 Å². The number of halogens is 1. The summed E-state index contributed by atoms with van der Waals surface area (Å²) < 4.78 is 0. The number of benzene rings is 1. The van der Waals surface area contributed by atoms with Crippen LogP contribution in [-0.2, 0) is 6.42 Å². The summed E-state index contributed by atoms with van der Waals surface area (Å²) in [4.78, 5) is 0. The van der Waals surface area contributed by atoms with E-state index in [1.807, 2.05) is 25.1 Å². The summed E-state index contributed by atoms with van der Waals surface area (Å²) in [6.07, 6.45) is 1.17. The molecule has 0 aromatic heterocycles. The van der Waals surface area contributed by atoms with Crippen LogP contribution in [0.4, 0.5) is 0 Å². The van der Waals surface area contributed by atoms with Crippen LogP contribution in [0.25, 0.3) is 0 Å². The van der Waals surface area contributed by atoms with Gasteiger partial charge in [0.15, 0.2) is 0 Å². The zero-order chi connectivity index (χ0) is 10.6. The molecule has 0 spiro atoms. The molecule has 0 aliphatic heterocycles. The number of nitrogens with two attached hydrogens (primary N) is 1. The Morgan fingerprint density at radius 3 is 2.86 bits per heavy atom. The Bertz CT molecular complexity index is 355. The van der Waals surface area contributed by atoms with E-state index in [4.69, 9.17) is 22.6 Å². The molecular weight excluding hydrogens is 196 g/mol. The average Bonchev–Trinajstić information content (AvgIpc) is 2.17. The van der Waals surface area contributed by atoms with E-state index in [1.54, 1.807) is 0 Å². The van der Waals surface area contributed by atoms with E-state index in [2.05, 4.69) is 6.07 Å². The minimum atomic E-state index is -0.228. The fourth-order valence-corrected chi connectivity index (χ4v) is 1.82. The van der Waals surface area contributed by atoms with Gasteiger partial charge in [0.1, 0.15) is 0 Å². The Morgan fingerprint density at radius 1 is 1.57 bits per heavy atom. The van der Waals surface area contributed by atoms with E-state index in [0.29, 0.717) is 6.42 Å². The molecule has 1 aromatic rings. The van der Waals surface area contributed by atoms with Gasteiger partial charge in [-0.3, -0.25) is 0 Å². The SMILES string of the molecule is CCc1c(Cl)cccc1[C@@H](N)CC#N. The van der Waals surface area contributed by atoms with Crippen molar-refractivity contribution in [3.05, 3.63) is 34.3 Å². The second-order valence-corrected chi connectivity index (χ2v) is 3.54. The average molecular weight is 209 g/mol. The van der Waals surface area contributed by atoms with Crippen LogP contribution < -0.4 is 5.73 Å². The van der Waals surface area contributed by atoms with Crippen LogP contribution in [0.5, 0.6) is 0 Å². The molecule has 3 heteroatoms. The highest BCUT2D eigenvalue weighted by Crippen LogP contribution is 2.25. The summed E-state index contributed by atoms with van der Waals surface area (Å²) in [7, 11) is 0. The Morgan fingerprint density at radius 2 is 2.29 bits per heavy atom. The fourth-order valence-electron chi connectivity index (χ4n) is 1.50. The predicted octanol–water partition coefficient (Wildman–Crippen LogP) is 2.82. The third-order valence-corrected chi connectivity index (χ3v) is 2.57. The molecular formula is C11H13ClN2. The highest BCUT2D eigenvalue weighted by Gasteiger charge is 2.11. The molecule has 74 valence electrons. The number of nitrogens with zero attached hydrogens (tertiary/aromatic N) is 1. The van der Waals surface area contributed by atoms with Gasteiger partial charge in [0.05, 0.1) is 12.5 Å². The highest BCUT2D eigenvalue weighted by atomic mass is 35.5. The number of hydrogen-bond donors (Lipinski definition) is 1. The van der Waals surface area contributed by atoms with Crippen molar-refractivity contribution in [2.24, 2.45) is 5.73 Å². The van der Waals surface area contributed by atoms with E-state index in [0.717, 1.165) is 22.6 Å². The van der Waals surface area contributed by atoms with Gasteiger partial charge in [-0.05, 0) is 23.6 Å². The van der Waals surface area contributed by atoms with Crippen molar-refractivity contribution in [2.75, 3.05) is 0 Å². The van der Waals surface area contributed by atoms with Crippen LogP contribution in [0, 0.1) is 11.3 Å². The van der Waals surface area contributed by atoms with E-state index in [9.17, 15) is 0 Å². The molecule has 1 aromatic carbocycles. The first kappa shape index (κ1) is 11.0. The molecule has 14 heavy (non-hydrogen) atoms. The number of hydrogen-bond acceptors (Lipinski definition) is 2. The smallest absolute Gasteiger partial charge is 0.0641 e. The van der Waals surface area contributed by atoms with Gasteiger partial charge in [0.25, 0.3) is 0 Å². The van der Waals surface area contributed by atoms with Gasteiger partial charge in [-0.2, -0.15) is 5.26 Å². The lowest BCUT2D eigenvalue weighted by Gasteiger charge is -2.14. The van der Waals surface area contributed by atoms with Crippen LogP contribution in [-0.4, -0.2) is 0 Å². The quantitative estimate of drug-likeness (QED) is 0.831. The van der Waals surface area contributed by atoms with Gasteiger partial charge in [0.2, 0.25) is 0 Å². The number of nitriles is 1. The second-order valence-electron chi connectivity index (χ2n) is 3.13. The molecule has 0 heterocycles. The van der Waals surface area contributed by atoms with Crippen LogP contribution in [0.15, 0.2) is 18.2 Å². The van der Waals surface area contributed by atoms with Crippen molar-refractivity contribution >= 4 is 11.6 Å². The Kier molecular flexibility index (Phi) is 3.94.